The van der Waals surface area contributed by atoms with Gasteiger partial charge >= 0.3 is 5.97 Å². The molecule has 2 aliphatic heterocycles. The molecule has 4 rings (SSSR count). The summed E-state index contributed by atoms with van der Waals surface area (Å²) in [5, 5.41) is 9.73. The quantitative estimate of drug-likeness (QED) is 0.640. The number of ether oxygens (including phenoxy) is 2. The molecule has 4 N–H and O–H groups in total. The molecule has 0 aliphatic carbocycles. The van der Waals surface area contributed by atoms with Gasteiger partial charge in [0.05, 0.1) is 12.2 Å². The fourth-order valence-corrected chi connectivity index (χ4v) is 3.98. The van der Waals surface area contributed by atoms with E-state index in [-0.39, 0.29) is 23.9 Å². The third kappa shape index (κ3) is 1.97. The lowest BCUT2D eigenvalue weighted by Crippen LogP contribution is -2.46. The molecule has 3 heterocycles. The molecule has 1 aromatic heterocycles. The zero-order valence-corrected chi connectivity index (χ0v) is 15.6. The second-order valence-corrected chi connectivity index (χ2v) is 6.90. The van der Waals surface area contributed by atoms with E-state index in [1.54, 1.807) is 32.0 Å². The van der Waals surface area contributed by atoms with Crippen LogP contribution in [0, 0.1) is 6.92 Å². The van der Waals surface area contributed by atoms with E-state index < -0.39 is 17.3 Å². The van der Waals surface area contributed by atoms with Gasteiger partial charge in [0, 0.05) is 21.4 Å². The Balaban J connectivity index is 2.12. The van der Waals surface area contributed by atoms with Gasteiger partial charge in [0.15, 0.2) is 0 Å². The number of nitrogens with zero attached hydrogens (tertiary/aromatic N) is 1. The molecule has 0 unspecified atom stereocenters. The fraction of sp³-hybridized carbons (Fsp3) is 0.235. The Morgan fingerprint density at radius 1 is 1.46 bits per heavy atom. The lowest BCUT2D eigenvalue weighted by Gasteiger charge is -2.33. The Morgan fingerprint density at radius 3 is 2.96 bits per heavy atom. The minimum absolute atomic E-state index is 0.0503. The molecule has 0 radical (unpaired) electrons. The number of hydrogen-bond acceptors (Lipinski definition) is 6. The van der Waals surface area contributed by atoms with E-state index in [0.29, 0.717) is 22.5 Å². The number of fused-ring (bicyclic) bond motifs is 4. The molecule has 0 fully saturated rings. The lowest BCUT2D eigenvalue weighted by atomic mass is 9.68. The number of esters is 1. The van der Waals surface area contributed by atoms with Crippen LogP contribution in [-0.2, 0) is 19.7 Å². The Labute approximate surface area is 156 Å². The normalized spacial score (nSPS) is 20.5. The van der Waals surface area contributed by atoms with Crippen molar-refractivity contribution in [2.45, 2.75) is 19.3 Å². The summed E-state index contributed by atoms with van der Waals surface area (Å²) in [4.78, 5) is 26.1. The number of halogens is 1. The number of aromatic amines is 1. The molecule has 0 bridgehead atoms. The van der Waals surface area contributed by atoms with Crippen LogP contribution < -0.4 is 15.8 Å². The number of aryl methyl sites for hydroxylation is 1. The van der Waals surface area contributed by atoms with E-state index in [0.717, 1.165) is 4.47 Å². The number of nitrogens with two attached hydrogens (primary N) is 1. The molecular weight excluding hydrogens is 404 g/mol. The van der Waals surface area contributed by atoms with Crippen LogP contribution in [0.3, 0.4) is 0 Å². The largest absolute Gasteiger partial charge is 0.462 e. The average Bonchev–Trinajstić information content (AvgIpc) is 3.07. The van der Waals surface area contributed by atoms with Gasteiger partial charge in [-0.05, 0) is 32.0 Å². The van der Waals surface area contributed by atoms with Crippen molar-refractivity contribution in [2.24, 2.45) is 5.73 Å². The van der Waals surface area contributed by atoms with E-state index in [4.69, 9.17) is 15.2 Å². The Hall–Kier alpha value is -2.81. The van der Waals surface area contributed by atoms with Crippen molar-refractivity contribution < 1.29 is 19.1 Å². The topological polar surface area (TPSA) is 119 Å². The van der Waals surface area contributed by atoms with Crippen molar-refractivity contribution in [3.63, 3.8) is 0 Å². The fourth-order valence-electron chi connectivity index (χ4n) is 3.61. The summed E-state index contributed by atoms with van der Waals surface area (Å²) in [6.07, 6.45) is 0. The first-order valence-corrected chi connectivity index (χ1v) is 8.72. The predicted octanol–water partition coefficient (Wildman–Crippen LogP) is 1.84. The van der Waals surface area contributed by atoms with Crippen molar-refractivity contribution in [1.29, 1.82) is 0 Å². The predicted molar refractivity (Wildman–Crippen MR) is 95.4 cm³/mol. The standard InChI is InChI=1S/C17H15BrN4O4/c1-3-25-15(23)12-13(19)26-14-11(7(2)21-22-14)17(12)9-6-8(18)4-5-10(9)20-16(17)24/h4-6H,3,19H2,1-2H3,(H,20,24)(H,21,22)/t17-/m1/s1. The third-order valence-electron chi connectivity index (χ3n) is 4.57. The number of H-pyrrole nitrogens is 1. The molecule has 8 nitrogen and oxygen atoms in total. The minimum Gasteiger partial charge on any atom is -0.462 e. The highest BCUT2D eigenvalue weighted by Gasteiger charge is 2.60. The number of nitrogens with one attached hydrogen (secondary N) is 2. The zero-order valence-electron chi connectivity index (χ0n) is 14.0. The molecule has 1 spiro atoms. The Bertz CT molecular complexity index is 997. The molecule has 2 aliphatic rings. The maximum Gasteiger partial charge on any atom is 0.341 e. The third-order valence-corrected chi connectivity index (χ3v) is 5.06. The highest BCUT2D eigenvalue weighted by atomic mass is 79.9. The number of carbonyl (C=O) groups excluding carboxylic acids is 2. The summed E-state index contributed by atoms with van der Waals surface area (Å²) >= 11 is 3.43. The van der Waals surface area contributed by atoms with Crippen LogP contribution in [0.2, 0.25) is 0 Å². The number of hydrogen-bond donors (Lipinski definition) is 3. The van der Waals surface area contributed by atoms with Gasteiger partial charge < -0.3 is 20.5 Å². The first kappa shape index (κ1) is 16.6. The summed E-state index contributed by atoms with van der Waals surface area (Å²) in [6, 6.07) is 5.34. The molecule has 134 valence electrons. The highest BCUT2D eigenvalue weighted by Crippen LogP contribution is 2.54. The van der Waals surface area contributed by atoms with Crippen molar-refractivity contribution in [1.82, 2.24) is 10.2 Å². The van der Waals surface area contributed by atoms with Crippen molar-refractivity contribution in [3.05, 3.63) is 50.9 Å². The number of anilines is 1. The van der Waals surface area contributed by atoms with Gasteiger partial charge in [-0.3, -0.25) is 9.89 Å². The van der Waals surface area contributed by atoms with E-state index in [2.05, 4.69) is 31.4 Å². The molecule has 0 saturated carbocycles. The number of benzene rings is 1. The molecular formula is C17H15BrN4O4. The average molecular weight is 419 g/mol. The summed E-state index contributed by atoms with van der Waals surface area (Å²) in [5.41, 5.74) is 6.71. The number of rotatable bonds is 2. The molecule has 0 saturated heterocycles. The van der Waals surface area contributed by atoms with Crippen LogP contribution >= 0.6 is 15.9 Å². The van der Waals surface area contributed by atoms with Crippen LogP contribution in [0.25, 0.3) is 0 Å². The lowest BCUT2D eigenvalue weighted by molar-refractivity contribution is -0.140. The van der Waals surface area contributed by atoms with E-state index >= 15 is 0 Å². The molecule has 26 heavy (non-hydrogen) atoms. The van der Waals surface area contributed by atoms with Crippen LogP contribution in [-0.4, -0.2) is 28.7 Å². The number of aromatic nitrogens is 2. The molecule has 1 amide bonds. The van der Waals surface area contributed by atoms with Gasteiger partial charge in [0.1, 0.15) is 11.0 Å². The highest BCUT2D eigenvalue weighted by molar-refractivity contribution is 9.10. The maximum absolute atomic E-state index is 13.3. The molecule has 2 aromatic rings. The molecule has 1 aromatic carbocycles. The summed E-state index contributed by atoms with van der Waals surface area (Å²) in [7, 11) is 0. The second kappa shape index (κ2) is 5.60. The van der Waals surface area contributed by atoms with E-state index in [9.17, 15) is 9.59 Å². The van der Waals surface area contributed by atoms with E-state index in [1.807, 2.05) is 0 Å². The SMILES string of the molecule is CCOC(=O)C1=C(N)Oc2n[nH]c(C)c2[C@@]12C(=O)Nc1ccc(Br)cc12. The van der Waals surface area contributed by atoms with Crippen LogP contribution in [0.1, 0.15) is 23.7 Å². The Morgan fingerprint density at radius 2 is 2.23 bits per heavy atom. The summed E-state index contributed by atoms with van der Waals surface area (Å²) in [6.45, 7) is 3.57. The second-order valence-electron chi connectivity index (χ2n) is 5.98. The van der Waals surface area contributed by atoms with Crippen LogP contribution in [0.4, 0.5) is 5.69 Å². The molecule has 1 atom stereocenters. The van der Waals surface area contributed by atoms with Gasteiger partial charge in [0.25, 0.3) is 0 Å². The van der Waals surface area contributed by atoms with Crippen molar-refractivity contribution >= 4 is 33.5 Å². The van der Waals surface area contributed by atoms with Gasteiger partial charge in [-0.25, -0.2) is 4.79 Å². The van der Waals surface area contributed by atoms with Crippen LogP contribution in [0.5, 0.6) is 5.88 Å². The minimum atomic E-state index is -1.50. The van der Waals surface area contributed by atoms with Crippen LogP contribution in [0.15, 0.2) is 34.1 Å². The number of carbonyl (C=O) groups is 2. The summed E-state index contributed by atoms with van der Waals surface area (Å²) in [5.74, 6) is -1.16. The van der Waals surface area contributed by atoms with Gasteiger partial charge in [-0.15, -0.1) is 5.10 Å². The number of amides is 1. The van der Waals surface area contributed by atoms with Gasteiger partial charge in [0.2, 0.25) is 17.7 Å². The first-order valence-electron chi connectivity index (χ1n) is 7.93. The zero-order chi connectivity index (χ0) is 18.6. The Kier molecular flexibility index (Phi) is 3.58. The smallest absolute Gasteiger partial charge is 0.341 e. The van der Waals surface area contributed by atoms with E-state index in [1.165, 1.54) is 0 Å². The van der Waals surface area contributed by atoms with Crippen molar-refractivity contribution in [2.75, 3.05) is 11.9 Å². The van der Waals surface area contributed by atoms with Crippen molar-refractivity contribution in [3.8, 4) is 5.88 Å². The molecule has 9 heteroatoms. The monoisotopic (exact) mass is 418 g/mol. The summed E-state index contributed by atoms with van der Waals surface area (Å²) < 4.78 is 11.5. The maximum atomic E-state index is 13.3. The van der Waals surface area contributed by atoms with Gasteiger partial charge in [-0.1, -0.05) is 15.9 Å². The van der Waals surface area contributed by atoms with Gasteiger partial charge in [-0.2, -0.15) is 0 Å². The first-order chi connectivity index (χ1) is 12.4.